The van der Waals surface area contributed by atoms with E-state index in [9.17, 15) is 0 Å². The third-order valence-electron chi connectivity index (χ3n) is 4.24. The highest BCUT2D eigenvalue weighted by Crippen LogP contribution is 2.29. The van der Waals surface area contributed by atoms with E-state index >= 15 is 0 Å². The highest BCUT2D eigenvalue weighted by molar-refractivity contribution is 7.99. The Hall–Kier alpha value is 0.270. The van der Waals surface area contributed by atoms with Gasteiger partial charge in [-0.25, -0.2) is 0 Å². The average Bonchev–Trinajstić information content (AvgIpc) is 2.77. The molecular weight excluding hydrogens is 216 g/mol. The quantitative estimate of drug-likeness (QED) is 0.814. The first-order valence-corrected chi connectivity index (χ1v) is 8.13. The van der Waals surface area contributed by atoms with Crippen LogP contribution < -0.4 is 5.32 Å². The minimum absolute atomic E-state index is 0.792. The van der Waals surface area contributed by atoms with Crippen LogP contribution in [-0.4, -0.2) is 48.1 Å². The monoisotopic (exact) mass is 242 g/mol. The summed E-state index contributed by atoms with van der Waals surface area (Å²) in [5.74, 6) is 0. The van der Waals surface area contributed by atoms with Crippen LogP contribution in [0.4, 0.5) is 0 Å². The summed E-state index contributed by atoms with van der Waals surface area (Å²) in [5.41, 5.74) is 0. The molecule has 0 spiro atoms. The van der Waals surface area contributed by atoms with E-state index in [4.69, 9.17) is 0 Å². The molecule has 1 aliphatic heterocycles. The molecule has 2 atom stereocenters. The van der Waals surface area contributed by atoms with Crippen LogP contribution in [0.25, 0.3) is 0 Å². The lowest BCUT2D eigenvalue weighted by molar-refractivity contribution is 0.199. The molecule has 2 unspecified atom stereocenters. The lowest BCUT2D eigenvalue weighted by atomic mass is 10.0. The Morgan fingerprint density at radius 3 is 2.56 bits per heavy atom. The van der Waals surface area contributed by atoms with Gasteiger partial charge in [0.15, 0.2) is 0 Å². The fourth-order valence-corrected chi connectivity index (χ4v) is 4.06. The molecule has 1 saturated carbocycles. The van der Waals surface area contributed by atoms with Gasteiger partial charge in [0.2, 0.25) is 0 Å². The van der Waals surface area contributed by atoms with E-state index in [0.29, 0.717) is 0 Å². The van der Waals surface area contributed by atoms with Gasteiger partial charge < -0.3 is 10.2 Å². The summed E-state index contributed by atoms with van der Waals surface area (Å²) in [6, 6.07) is 1.59. The molecule has 0 bridgehead atoms. The maximum Gasteiger partial charge on any atom is 0.0198 e. The Morgan fingerprint density at radius 1 is 1.19 bits per heavy atom. The fourth-order valence-electron chi connectivity index (χ4n) is 3.12. The van der Waals surface area contributed by atoms with Gasteiger partial charge in [0.25, 0.3) is 0 Å². The molecule has 0 radical (unpaired) electrons. The van der Waals surface area contributed by atoms with E-state index in [2.05, 4.69) is 35.2 Å². The van der Waals surface area contributed by atoms with Crippen molar-refractivity contribution in [3.8, 4) is 0 Å². The second-order valence-electron chi connectivity index (χ2n) is 5.19. The summed E-state index contributed by atoms with van der Waals surface area (Å²) in [7, 11) is 0. The van der Waals surface area contributed by atoms with Gasteiger partial charge >= 0.3 is 0 Å². The van der Waals surface area contributed by atoms with Gasteiger partial charge in [0, 0.05) is 17.3 Å². The van der Waals surface area contributed by atoms with Crippen LogP contribution in [0.5, 0.6) is 0 Å². The number of nitrogens with one attached hydrogen (secondary N) is 1. The summed E-state index contributed by atoms with van der Waals surface area (Å²) < 4.78 is 0. The summed E-state index contributed by atoms with van der Waals surface area (Å²) in [4.78, 5) is 2.57. The molecule has 2 nitrogen and oxygen atoms in total. The normalized spacial score (nSPS) is 33.4. The Morgan fingerprint density at radius 2 is 1.94 bits per heavy atom. The largest absolute Gasteiger partial charge is 0.310 e. The molecule has 2 aliphatic rings. The number of rotatable bonds is 4. The van der Waals surface area contributed by atoms with E-state index in [1.165, 1.54) is 51.7 Å². The van der Waals surface area contributed by atoms with Crippen LogP contribution in [-0.2, 0) is 0 Å². The van der Waals surface area contributed by atoms with Crippen LogP contribution >= 0.6 is 11.8 Å². The minimum atomic E-state index is 0.792. The Labute approximate surface area is 105 Å². The van der Waals surface area contributed by atoms with Gasteiger partial charge in [-0.2, -0.15) is 11.8 Å². The van der Waals surface area contributed by atoms with Gasteiger partial charge in [-0.3, -0.25) is 0 Å². The predicted octanol–water partition coefficient (Wildman–Crippen LogP) is 2.34. The summed E-state index contributed by atoms with van der Waals surface area (Å²) in [6.07, 6.45) is 9.23. The van der Waals surface area contributed by atoms with Gasteiger partial charge in [-0.15, -0.1) is 0 Å². The van der Waals surface area contributed by atoms with Crippen LogP contribution in [0.2, 0.25) is 0 Å². The first-order valence-electron chi connectivity index (χ1n) is 6.84. The molecule has 16 heavy (non-hydrogen) atoms. The molecule has 0 aromatic heterocycles. The number of piperidine rings is 1. The number of thioether (sulfide) groups is 1. The van der Waals surface area contributed by atoms with Gasteiger partial charge in [-0.1, -0.05) is 13.3 Å². The number of nitrogens with zero attached hydrogens (tertiary/aromatic N) is 1. The van der Waals surface area contributed by atoms with Crippen molar-refractivity contribution in [3.05, 3.63) is 0 Å². The zero-order chi connectivity index (χ0) is 11.4. The fraction of sp³-hybridized carbons (Fsp3) is 1.00. The molecule has 94 valence electrons. The van der Waals surface area contributed by atoms with Crippen LogP contribution in [0.15, 0.2) is 0 Å². The van der Waals surface area contributed by atoms with E-state index in [-0.39, 0.29) is 0 Å². The highest BCUT2D eigenvalue weighted by Gasteiger charge is 2.29. The maximum absolute atomic E-state index is 3.92. The topological polar surface area (TPSA) is 15.3 Å². The maximum atomic E-state index is 3.92. The van der Waals surface area contributed by atoms with Crippen molar-refractivity contribution in [1.29, 1.82) is 0 Å². The van der Waals surface area contributed by atoms with Crippen LogP contribution in [0.1, 0.15) is 39.0 Å². The molecule has 1 aliphatic carbocycles. The second kappa shape index (κ2) is 6.27. The Bertz CT molecular complexity index is 202. The third-order valence-corrected chi connectivity index (χ3v) is 5.41. The van der Waals surface area contributed by atoms with Crippen molar-refractivity contribution >= 4 is 11.8 Å². The van der Waals surface area contributed by atoms with E-state index in [1.807, 2.05) is 0 Å². The third kappa shape index (κ3) is 3.14. The predicted molar refractivity (Wildman–Crippen MR) is 73.2 cm³/mol. The van der Waals surface area contributed by atoms with E-state index in [1.54, 1.807) is 0 Å². The molecule has 0 aromatic carbocycles. The molecule has 0 amide bonds. The number of hydrogen-bond donors (Lipinski definition) is 1. The Kier molecular flexibility index (Phi) is 4.98. The molecule has 3 heteroatoms. The smallest absolute Gasteiger partial charge is 0.0198 e. The van der Waals surface area contributed by atoms with E-state index < -0.39 is 0 Å². The van der Waals surface area contributed by atoms with Crippen molar-refractivity contribution in [2.24, 2.45) is 0 Å². The number of likely N-dealkylation sites (tertiary alicyclic amines) is 1. The van der Waals surface area contributed by atoms with Gasteiger partial charge in [0.1, 0.15) is 0 Å². The van der Waals surface area contributed by atoms with Crippen molar-refractivity contribution in [2.45, 2.75) is 56.4 Å². The first kappa shape index (κ1) is 12.7. The molecule has 2 rings (SSSR count). The lowest BCUT2D eigenvalue weighted by Crippen LogP contribution is -2.47. The van der Waals surface area contributed by atoms with E-state index in [0.717, 1.165) is 17.3 Å². The molecule has 1 N–H and O–H groups in total. The summed E-state index contributed by atoms with van der Waals surface area (Å²) in [5, 5.41) is 4.79. The molecule has 1 heterocycles. The van der Waals surface area contributed by atoms with Crippen molar-refractivity contribution < 1.29 is 0 Å². The van der Waals surface area contributed by atoms with Crippen LogP contribution in [0.3, 0.4) is 0 Å². The molecule has 0 aromatic rings. The highest BCUT2D eigenvalue weighted by atomic mass is 32.2. The lowest BCUT2D eigenvalue weighted by Gasteiger charge is -2.34. The standard InChI is InChI=1S/C13H26N2S/c1-3-15-9-7-11(8-10-15)14-12-5-4-6-13(12)16-2/h11-14H,3-10H2,1-2H3. The molecule has 1 saturated heterocycles. The number of hydrogen-bond acceptors (Lipinski definition) is 3. The van der Waals surface area contributed by atoms with Crippen molar-refractivity contribution in [2.75, 3.05) is 25.9 Å². The zero-order valence-electron chi connectivity index (χ0n) is 10.7. The van der Waals surface area contributed by atoms with Crippen molar-refractivity contribution in [1.82, 2.24) is 10.2 Å². The van der Waals surface area contributed by atoms with Crippen LogP contribution in [0, 0.1) is 0 Å². The molecule has 2 fully saturated rings. The minimum Gasteiger partial charge on any atom is -0.310 e. The average molecular weight is 242 g/mol. The zero-order valence-corrected chi connectivity index (χ0v) is 11.6. The van der Waals surface area contributed by atoms with Gasteiger partial charge in [0.05, 0.1) is 0 Å². The van der Waals surface area contributed by atoms with Crippen molar-refractivity contribution in [3.63, 3.8) is 0 Å². The molecular formula is C13H26N2S. The SMILES string of the molecule is CCN1CCC(NC2CCCC2SC)CC1. The Balaban J connectivity index is 1.73. The first-order chi connectivity index (χ1) is 7.83. The summed E-state index contributed by atoms with van der Waals surface area (Å²) in [6.45, 7) is 6.09. The van der Waals surface area contributed by atoms with Gasteiger partial charge in [-0.05, 0) is 51.6 Å². The summed E-state index contributed by atoms with van der Waals surface area (Å²) >= 11 is 2.06. The second-order valence-corrected chi connectivity index (χ2v) is 6.26.